The maximum Gasteiger partial charge on any atom is 0.251 e. The van der Waals surface area contributed by atoms with E-state index < -0.39 is 6.43 Å². The van der Waals surface area contributed by atoms with Crippen molar-refractivity contribution in [3.05, 3.63) is 23.5 Å². The summed E-state index contributed by atoms with van der Waals surface area (Å²) in [5.41, 5.74) is 0.851. The lowest BCUT2D eigenvalue weighted by molar-refractivity contribution is 0.0681. The second-order valence-electron chi connectivity index (χ2n) is 6.18. The second kappa shape index (κ2) is 6.78. The Morgan fingerprint density at radius 3 is 2.65 bits per heavy atom. The Morgan fingerprint density at radius 1 is 1.30 bits per heavy atom. The van der Waals surface area contributed by atoms with Gasteiger partial charge in [0.2, 0.25) is 11.7 Å². The molecule has 3 rings (SSSR count). The average molecular weight is 325 g/mol. The summed E-state index contributed by atoms with van der Waals surface area (Å²) in [5, 5.41) is 4.02. The molecule has 2 aromatic rings. The molecule has 5 nitrogen and oxygen atoms in total. The van der Waals surface area contributed by atoms with Crippen LogP contribution in [0.25, 0.3) is 11.4 Å². The van der Waals surface area contributed by atoms with Crippen LogP contribution in [0.15, 0.2) is 15.0 Å². The standard InChI is InChI=1S/C16H21F2N3O2/c1-10-7-13(11(2)22-10)16-19-15(23-20-16)8-12-3-5-21(6-4-12)9-14(17)18/h7,12,14H,3-6,8-9H2,1-2H3. The van der Waals surface area contributed by atoms with E-state index in [1.165, 1.54) is 0 Å². The topological polar surface area (TPSA) is 55.3 Å². The summed E-state index contributed by atoms with van der Waals surface area (Å²) in [5.74, 6) is 3.14. The van der Waals surface area contributed by atoms with Gasteiger partial charge in [0.25, 0.3) is 6.43 Å². The number of piperidine rings is 1. The third kappa shape index (κ3) is 3.96. The van der Waals surface area contributed by atoms with Gasteiger partial charge in [-0.1, -0.05) is 5.16 Å². The maximum absolute atomic E-state index is 12.4. The molecule has 0 aliphatic carbocycles. The van der Waals surface area contributed by atoms with Gasteiger partial charge in [0, 0.05) is 6.42 Å². The fourth-order valence-electron chi connectivity index (χ4n) is 3.12. The summed E-state index contributed by atoms with van der Waals surface area (Å²) < 4.78 is 35.6. The van der Waals surface area contributed by atoms with Crippen LogP contribution in [0.3, 0.4) is 0 Å². The first-order valence-electron chi connectivity index (χ1n) is 7.91. The van der Waals surface area contributed by atoms with Crippen molar-refractivity contribution in [3.63, 3.8) is 0 Å². The van der Waals surface area contributed by atoms with E-state index in [1.54, 1.807) is 0 Å². The quantitative estimate of drug-likeness (QED) is 0.842. The normalized spacial score (nSPS) is 17.3. The van der Waals surface area contributed by atoms with Gasteiger partial charge in [0.05, 0.1) is 12.1 Å². The van der Waals surface area contributed by atoms with Crippen LogP contribution in [0.4, 0.5) is 8.78 Å². The van der Waals surface area contributed by atoms with E-state index >= 15 is 0 Å². The van der Waals surface area contributed by atoms with Gasteiger partial charge in [-0.25, -0.2) is 8.78 Å². The van der Waals surface area contributed by atoms with E-state index in [0.717, 1.165) is 29.9 Å². The number of hydrogen-bond donors (Lipinski definition) is 0. The van der Waals surface area contributed by atoms with Gasteiger partial charge in [-0.2, -0.15) is 4.98 Å². The number of nitrogens with zero attached hydrogens (tertiary/aromatic N) is 3. The van der Waals surface area contributed by atoms with Crippen LogP contribution in [-0.2, 0) is 6.42 Å². The number of rotatable bonds is 5. The molecular weight excluding hydrogens is 304 g/mol. The highest BCUT2D eigenvalue weighted by Crippen LogP contribution is 2.26. The highest BCUT2D eigenvalue weighted by atomic mass is 19.3. The first-order chi connectivity index (χ1) is 11.0. The zero-order valence-corrected chi connectivity index (χ0v) is 13.4. The van der Waals surface area contributed by atoms with Crippen LogP contribution in [0.2, 0.25) is 0 Å². The molecule has 0 amide bonds. The summed E-state index contributed by atoms with van der Waals surface area (Å²) in [7, 11) is 0. The zero-order chi connectivity index (χ0) is 16.4. The fourth-order valence-corrected chi connectivity index (χ4v) is 3.12. The van der Waals surface area contributed by atoms with Crippen molar-refractivity contribution in [1.82, 2.24) is 15.0 Å². The Labute approximate surface area is 133 Å². The minimum atomic E-state index is -2.26. The van der Waals surface area contributed by atoms with Gasteiger partial charge in [-0.3, -0.25) is 4.90 Å². The first kappa shape index (κ1) is 16.1. The van der Waals surface area contributed by atoms with Crippen molar-refractivity contribution in [2.24, 2.45) is 5.92 Å². The van der Waals surface area contributed by atoms with Crippen LogP contribution >= 0.6 is 0 Å². The van der Waals surface area contributed by atoms with E-state index in [9.17, 15) is 8.78 Å². The molecule has 0 saturated carbocycles. The molecule has 0 radical (unpaired) electrons. The highest BCUT2D eigenvalue weighted by Gasteiger charge is 2.24. The van der Waals surface area contributed by atoms with E-state index in [2.05, 4.69) is 10.1 Å². The number of alkyl halides is 2. The van der Waals surface area contributed by atoms with Crippen LogP contribution < -0.4 is 0 Å². The monoisotopic (exact) mass is 325 g/mol. The third-order valence-corrected chi connectivity index (χ3v) is 4.32. The Balaban J connectivity index is 1.57. The predicted molar refractivity (Wildman–Crippen MR) is 80.3 cm³/mol. The van der Waals surface area contributed by atoms with E-state index in [1.807, 2.05) is 24.8 Å². The number of aryl methyl sites for hydroxylation is 2. The lowest BCUT2D eigenvalue weighted by Gasteiger charge is -2.30. The molecule has 0 bridgehead atoms. The Bertz CT molecular complexity index is 646. The average Bonchev–Trinajstić information content (AvgIpc) is 3.07. The molecular formula is C16H21F2N3O2. The summed E-state index contributed by atoms with van der Waals surface area (Å²) in [6.45, 7) is 5.03. The van der Waals surface area contributed by atoms with Crippen LogP contribution in [0, 0.1) is 19.8 Å². The van der Waals surface area contributed by atoms with Crippen molar-refractivity contribution in [3.8, 4) is 11.4 Å². The SMILES string of the molecule is Cc1cc(-c2noc(CC3CCN(CC(F)F)CC3)n2)c(C)o1. The van der Waals surface area contributed by atoms with E-state index in [0.29, 0.717) is 37.1 Å². The van der Waals surface area contributed by atoms with Crippen LogP contribution in [-0.4, -0.2) is 41.1 Å². The lowest BCUT2D eigenvalue weighted by Crippen LogP contribution is -2.37. The van der Waals surface area contributed by atoms with Gasteiger partial charge in [0.1, 0.15) is 11.5 Å². The van der Waals surface area contributed by atoms with Crippen molar-refractivity contribution >= 4 is 0 Å². The molecule has 0 N–H and O–H groups in total. The molecule has 3 heterocycles. The summed E-state index contributed by atoms with van der Waals surface area (Å²) in [6.07, 6.45) is 0.209. The van der Waals surface area contributed by atoms with Crippen molar-refractivity contribution in [1.29, 1.82) is 0 Å². The molecule has 23 heavy (non-hydrogen) atoms. The Kier molecular flexibility index (Phi) is 4.75. The number of furan rings is 1. The van der Waals surface area contributed by atoms with E-state index in [-0.39, 0.29) is 6.54 Å². The van der Waals surface area contributed by atoms with E-state index in [4.69, 9.17) is 8.94 Å². The zero-order valence-electron chi connectivity index (χ0n) is 13.4. The molecule has 0 unspecified atom stereocenters. The van der Waals surface area contributed by atoms with Gasteiger partial charge in [-0.05, 0) is 51.8 Å². The Hall–Kier alpha value is -1.76. The minimum Gasteiger partial charge on any atom is -0.466 e. The molecule has 126 valence electrons. The van der Waals surface area contributed by atoms with Crippen LogP contribution in [0.5, 0.6) is 0 Å². The summed E-state index contributed by atoms with van der Waals surface area (Å²) in [4.78, 5) is 6.26. The molecule has 0 aromatic carbocycles. The van der Waals surface area contributed by atoms with Crippen molar-refractivity contribution in [2.75, 3.05) is 19.6 Å². The van der Waals surface area contributed by atoms with Crippen molar-refractivity contribution < 1.29 is 17.7 Å². The predicted octanol–water partition coefficient (Wildman–Crippen LogP) is 3.47. The highest BCUT2D eigenvalue weighted by molar-refractivity contribution is 5.57. The fraction of sp³-hybridized carbons (Fsp3) is 0.625. The van der Waals surface area contributed by atoms with Gasteiger partial charge >= 0.3 is 0 Å². The summed E-state index contributed by atoms with van der Waals surface area (Å²) >= 11 is 0. The van der Waals surface area contributed by atoms with Gasteiger partial charge in [-0.15, -0.1) is 0 Å². The number of hydrogen-bond acceptors (Lipinski definition) is 5. The van der Waals surface area contributed by atoms with Gasteiger partial charge < -0.3 is 8.94 Å². The number of halogens is 2. The molecule has 1 fully saturated rings. The first-order valence-corrected chi connectivity index (χ1v) is 7.91. The molecule has 1 aliphatic rings. The Morgan fingerprint density at radius 2 is 2.04 bits per heavy atom. The summed E-state index contributed by atoms with van der Waals surface area (Å²) in [6, 6.07) is 1.90. The molecule has 0 atom stereocenters. The smallest absolute Gasteiger partial charge is 0.251 e. The molecule has 0 spiro atoms. The molecule has 1 aliphatic heterocycles. The molecule has 1 saturated heterocycles. The maximum atomic E-state index is 12.4. The molecule has 7 heteroatoms. The largest absolute Gasteiger partial charge is 0.466 e. The lowest BCUT2D eigenvalue weighted by atomic mass is 9.93. The molecule has 2 aromatic heterocycles. The number of aromatic nitrogens is 2. The minimum absolute atomic E-state index is 0.128. The number of likely N-dealkylation sites (tertiary alicyclic amines) is 1. The van der Waals surface area contributed by atoms with Crippen LogP contribution in [0.1, 0.15) is 30.3 Å². The van der Waals surface area contributed by atoms with Gasteiger partial charge in [0.15, 0.2) is 0 Å². The van der Waals surface area contributed by atoms with Crippen molar-refractivity contribution in [2.45, 2.75) is 39.5 Å². The third-order valence-electron chi connectivity index (χ3n) is 4.32. The second-order valence-corrected chi connectivity index (χ2v) is 6.18.